The number of carbonyl (C=O) groups excluding carboxylic acids is 3. The van der Waals surface area contributed by atoms with E-state index in [1.165, 1.54) is 0 Å². The maximum Gasteiger partial charge on any atom is 0.339 e. The highest BCUT2D eigenvalue weighted by Crippen LogP contribution is 2.40. The van der Waals surface area contributed by atoms with Crippen molar-refractivity contribution in [1.29, 1.82) is 0 Å². The number of rotatable bonds is 8. The molecule has 33 heavy (non-hydrogen) atoms. The number of hydrogen-bond acceptors (Lipinski definition) is 5. The summed E-state index contributed by atoms with van der Waals surface area (Å²) in [6, 6.07) is 15.9. The molecule has 4 rings (SSSR count). The van der Waals surface area contributed by atoms with Crippen molar-refractivity contribution in [3.05, 3.63) is 71.4 Å². The molecule has 0 radical (unpaired) electrons. The van der Waals surface area contributed by atoms with E-state index in [4.69, 9.17) is 4.74 Å². The highest BCUT2D eigenvalue weighted by Gasteiger charge is 2.27. The van der Waals surface area contributed by atoms with Gasteiger partial charge in [0.2, 0.25) is 0 Å². The van der Waals surface area contributed by atoms with Crippen LogP contribution in [0.5, 0.6) is 0 Å². The molecule has 2 amide bonds. The molecule has 7 nitrogen and oxygen atoms in total. The van der Waals surface area contributed by atoms with Gasteiger partial charge < -0.3 is 15.0 Å². The first-order valence-electron chi connectivity index (χ1n) is 11.3. The molecule has 0 spiro atoms. The van der Waals surface area contributed by atoms with E-state index in [1.54, 1.807) is 35.2 Å². The quantitative estimate of drug-likeness (QED) is 0.520. The van der Waals surface area contributed by atoms with Gasteiger partial charge in [0.1, 0.15) is 0 Å². The predicted octanol–water partition coefficient (Wildman–Crippen LogP) is 4.39. The number of nitrogens with zero attached hydrogens (tertiary/aromatic N) is 2. The summed E-state index contributed by atoms with van der Waals surface area (Å²) < 4.78 is 5.32. The third-order valence-electron chi connectivity index (χ3n) is 5.73. The van der Waals surface area contributed by atoms with Gasteiger partial charge in [-0.25, -0.2) is 4.79 Å². The van der Waals surface area contributed by atoms with Crippen LogP contribution in [0.15, 0.2) is 54.6 Å². The summed E-state index contributed by atoms with van der Waals surface area (Å²) in [7, 11) is 0. The van der Waals surface area contributed by atoms with E-state index < -0.39 is 18.5 Å². The molecule has 1 aliphatic carbocycles. The second-order valence-corrected chi connectivity index (χ2v) is 8.07. The zero-order valence-corrected chi connectivity index (χ0v) is 18.8. The average Bonchev–Trinajstić information content (AvgIpc) is 3.68. The number of carbonyl (C=O) groups is 3. The Balaban J connectivity index is 1.42. The highest BCUT2D eigenvalue weighted by molar-refractivity contribution is 6.04. The van der Waals surface area contributed by atoms with Crippen LogP contribution in [0.3, 0.4) is 0 Å². The van der Waals surface area contributed by atoms with E-state index in [1.807, 2.05) is 38.1 Å². The van der Waals surface area contributed by atoms with Crippen molar-refractivity contribution in [2.75, 3.05) is 25.0 Å². The fourth-order valence-corrected chi connectivity index (χ4v) is 3.78. The molecule has 1 saturated carbocycles. The number of pyridine rings is 1. The molecule has 0 aliphatic heterocycles. The number of benzene rings is 2. The lowest BCUT2D eigenvalue weighted by atomic mass is 10.1. The van der Waals surface area contributed by atoms with E-state index in [0.717, 1.165) is 24.1 Å². The number of hydrogen-bond donors (Lipinski definition) is 1. The van der Waals surface area contributed by atoms with Gasteiger partial charge in [-0.05, 0) is 57.0 Å². The monoisotopic (exact) mass is 445 g/mol. The Morgan fingerprint density at radius 3 is 2.52 bits per heavy atom. The number of nitrogens with one attached hydrogen (secondary N) is 1. The third-order valence-corrected chi connectivity index (χ3v) is 5.73. The van der Waals surface area contributed by atoms with E-state index in [0.29, 0.717) is 41.2 Å². The minimum atomic E-state index is -0.559. The number of fused-ring (bicyclic) bond motifs is 1. The molecule has 1 heterocycles. The van der Waals surface area contributed by atoms with E-state index in [-0.39, 0.29) is 5.91 Å². The van der Waals surface area contributed by atoms with Gasteiger partial charge in [-0.1, -0.05) is 24.3 Å². The molecule has 0 bridgehead atoms. The van der Waals surface area contributed by atoms with Gasteiger partial charge in [-0.3, -0.25) is 14.6 Å². The molecule has 1 fully saturated rings. The number of ether oxygens (including phenoxy) is 1. The molecule has 0 unspecified atom stereocenters. The van der Waals surface area contributed by atoms with E-state index in [2.05, 4.69) is 10.3 Å². The van der Waals surface area contributed by atoms with Crippen molar-refractivity contribution in [3.63, 3.8) is 0 Å². The highest BCUT2D eigenvalue weighted by atomic mass is 16.5. The van der Waals surface area contributed by atoms with Crippen molar-refractivity contribution in [1.82, 2.24) is 9.88 Å². The van der Waals surface area contributed by atoms with Gasteiger partial charge in [0.25, 0.3) is 11.8 Å². The molecule has 1 N–H and O–H groups in total. The predicted molar refractivity (Wildman–Crippen MR) is 126 cm³/mol. The van der Waals surface area contributed by atoms with Crippen LogP contribution in [0.4, 0.5) is 5.69 Å². The molecule has 7 heteroatoms. The van der Waals surface area contributed by atoms with Crippen molar-refractivity contribution in [2.24, 2.45) is 0 Å². The van der Waals surface area contributed by atoms with Gasteiger partial charge in [0.05, 0.1) is 11.1 Å². The maximum atomic E-state index is 12.8. The number of aromatic nitrogens is 1. The van der Waals surface area contributed by atoms with Crippen molar-refractivity contribution >= 4 is 34.4 Å². The first-order chi connectivity index (χ1) is 16.0. The van der Waals surface area contributed by atoms with E-state index in [9.17, 15) is 14.4 Å². The van der Waals surface area contributed by atoms with Crippen LogP contribution in [0.25, 0.3) is 10.9 Å². The standard InChI is InChI=1S/C26H27N3O4/c1-3-29(4-2)25(31)18-8-7-9-19(14-18)27-24(30)16-33-26(32)21-15-23(17-12-13-17)28-22-11-6-5-10-20(21)22/h5-11,14-15,17H,3-4,12-13,16H2,1-2H3,(H,27,30). The number of para-hydroxylation sites is 1. The molecule has 3 aromatic rings. The lowest BCUT2D eigenvalue weighted by Gasteiger charge is -2.19. The smallest absolute Gasteiger partial charge is 0.339 e. The Morgan fingerprint density at radius 1 is 1.03 bits per heavy atom. The Labute approximate surface area is 192 Å². The average molecular weight is 446 g/mol. The SMILES string of the molecule is CCN(CC)C(=O)c1cccc(NC(=O)COC(=O)c2cc(C3CC3)nc3ccccc23)c1. The Morgan fingerprint density at radius 2 is 1.79 bits per heavy atom. The van der Waals surface area contributed by atoms with Crippen molar-refractivity contribution in [3.8, 4) is 0 Å². The summed E-state index contributed by atoms with van der Waals surface area (Å²) in [6.07, 6.45) is 2.14. The van der Waals surface area contributed by atoms with Gasteiger partial charge >= 0.3 is 5.97 Å². The molecule has 2 aromatic carbocycles. The fraction of sp³-hybridized carbons (Fsp3) is 0.308. The second-order valence-electron chi connectivity index (χ2n) is 8.07. The van der Waals surface area contributed by atoms with Crippen LogP contribution in [0.2, 0.25) is 0 Å². The van der Waals surface area contributed by atoms with E-state index >= 15 is 0 Å². The van der Waals surface area contributed by atoms with Crippen LogP contribution in [-0.4, -0.2) is 47.4 Å². The molecule has 0 saturated heterocycles. The van der Waals surface area contributed by atoms with Gasteiger partial charge in [-0.15, -0.1) is 0 Å². The van der Waals surface area contributed by atoms with Crippen LogP contribution < -0.4 is 5.32 Å². The number of anilines is 1. The molecular formula is C26H27N3O4. The lowest BCUT2D eigenvalue weighted by molar-refractivity contribution is -0.119. The number of esters is 1. The summed E-state index contributed by atoms with van der Waals surface area (Å²) in [6.45, 7) is 4.62. The van der Waals surface area contributed by atoms with Crippen molar-refractivity contribution in [2.45, 2.75) is 32.6 Å². The Bertz CT molecular complexity index is 1200. The van der Waals surface area contributed by atoms with Crippen LogP contribution in [0, 0.1) is 0 Å². The van der Waals surface area contributed by atoms with Crippen molar-refractivity contribution < 1.29 is 19.1 Å². The molecule has 170 valence electrons. The van der Waals surface area contributed by atoms with Crippen LogP contribution in [0.1, 0.15) is 59.0 Å². The fourth-order valence-electron chi connectivity index (χ4n) is 3.78. The zero-order valence-electron chi connectivity index (χ0n) is 18.8. The third kappa shape index (κ3) is 5.19. The second kappa shape index (κ2) is 9.81. The van der Waals surface area contributed by atoms with Crippen LogP contribution >= 0.6 is 0 Å². The minimum absolute atomic E-state index is 0.0986. The summed E-state index contributed by atoms with van der Waals surface area (Å²) in [5.74, 6) is -0.748. The number of amides is 2. The topological polar surface area (TPSA) is 88.6 Å². The molecule has 0 atom stereocenters. The van der Waals surface area contributed by atoms with Gasteiger partial charge in [0.15, 0.2) is 6.61 Å². The summed E-state index contributed by atoms with van der Waals surface area (Å²) >= 11 is 0. The largest absolute Gasteiger partial charge is 0.452 e. The molecule has 1 aliphatic rings. The summed E-state index contributed by atoms with van der Waals surface area (Å²) in [5.41, 5.74) is 3.01. The minimum Gasteiger partial charge on any atom is -0.452 e. The molecular weight excluding hydrogens is 418 g/mol. The Hall–Kier alpha value is -3.74. The first-order valence-corrected chi connectivity index (χ1v) is 11.3. The normalized spacial score (nSPS) is 12.9. The van der Waals surface area contributed by atoms with Gasteiger partial charge in [-0.2, -0.15) is 0 Å². The summed E-state index contributed by atoms with van der Waals surface area (Å²) in [4.78, 5) is 44.2. The Kier molecular flexibility index (Phi) is 6.68. The van der Waals surface area contributed by atoms with Gasteiger partial charge in [0, 0.05) is 41.3 Å². The first kappa shape index (κ1) is 22.5. The molecule has 1 aromatic heterocycles. The maximum absolute atomic E-state index is 12.8. The summed E-state index contributed by atoms with van der Waals surface area (Å²) in [5, 5.41) is 3.40. The van der Waals surface area contributed by atoms with Crippen LogP contribution in [-0.2, 0) is 9.53 Å². The lowest BCUT2D eigenvalue weighted by Crippen LogP contribution is -2.30. The zero-order chi connectivity index (χ0) is 23.4.